The van der Waals surface area contributed by atoms with E-state index >= 15 is 0 Å². The number of hydrogen-bond donors (Lipinski definition) is 0. The van der Waals surface area contributed by atoms with E-state index < -0.39 is 11.9 Å². The largest absolute Gasteiger partial charge is 0.459 e. The SMILES string of the molecule is CCC(OC(=O)/C=C/C(=O)Oc1cccc2ccccc12)C(C)C. The smallest absolute Gasteiger partial charge is 0.336 e. The first kappa shape index (κ1) is 17.7. The molecule has 126 valence electrons. The molecular weight excluding hydrogens is 304 g/mol. The lowest BCUT2D eigenvalue weighted by Crippen LogP contribution is -2.21. The highest BCUT2D eigenvalue weighted by atomic mass is 16.5. The highest BCUT2D eigenvalue weighted by Gasteiger charge is 2.15. The Hall–Kier alpha value is -2.62. The number of ether oxygens (including phenoxy) is 2. The van der Waals surface area contributed by atoms with Gasteiger partial charge in [-0.1, -0.05) is 57.2 Å². The number of rotatable bonds is 6. The molecule has 0 radical (unpaired) electrons. The lowest BCUT2D eigenvalue weighted by molar-refractivity contribution is -0.145. The highest BCUT2D eigenvalue weighted by molar-refractivity contribution is 5.95. The molecule has 0 aromatic heterocycles. The molecule has 0 bridgehead atoms. The molecule has 2 rings (SSSR count). The van der Waals surface area contributed by atoms with E-state index in [1.165, 1.54) is 0 Å². The van der Waals surface area contributed by atoms with Gasteiger partial charge in [-0.15, -0.1) is 0 Å². The van der Waals surface area contributed by atoms with Crippen LogP contribution in [0.2, 0.25) is 0 Å². The van der Waals surface area contributed by atoms with Gasteiger partial charge in [0, 0.05) is 17.5 Å². The quantitative estimate of drug-likeness (QED) is 0.452. The second-order valence-corrected chi connectivity index (χ2v) is 5.86. The summed E-state index contributed by atoms with van der Waals surface area (Å²) in [5.74, 6) is -0.453. The summed E-state index contributed by atoms with van der Waals surface area (Å²) in [6.07, 6.45) is 2.78. The Balaban J connectivity index is 2.01. The molecule has 4 nitrogen and oxygen atoms in total. The summed E-state index contributed by atoms with van der Waals surface area (Å²) < 4.78 is 10.6. The van der Waals surface area contributed by atoms with Crippen molar-refractivity contribution in [3.05, 3.63) is 54.6 Å². The van der Waals surface area contributed by atoms with Crippen LogP contribution in [0, 0.1) is 5.92 Å². The van der Waals surface area contributed by atoms with Crippen molar-refractivity contribution in [1.29, 1.82) is 0 Å². The van der Waals surface area contributed by atoms with Crippen LogP contribution < -0.4 is 4.74 Å². The molecule has 0 amide bonds. The molecular formula is C20H22O4. The highest BCUT2D eigenvalue weighted by Crippen LogP contribution is 2.25. The first-order valence-electron chi connectivity index (χ1n) is 8.09. The van der Waals surface area contributed by atoms with Gasteiger partial charge in [-0.3, -0.25) is 0 Å². The zero-order valence-electron chi connectivity index (χ0n) is 14.2. The van der Waals surface area contributed by atoms with Crippen LogP contribution in [-0.2, 0) is 14.3 Å². The minimum absolute atomic E-state index is 0.156. The summed E-state index contributed by atoms with van der Waals surface area (Å²) in [5.41, 5.74) is 0. The van der Waals surface area contributed by atoms with E-state index in [-0.39, 0.29) is 12.0 Å². The van der Waals surface area contributed by atoms with Crippen LogP contribution in [0.4, 0.5) is 0 Å². The molecule has 4 heteroatoms. The van der Waals surface area contributed by atoms with Gasteiger partial charge in [0.2, 0.25) is 0 Å². The fourth-order valence-corrected chi connectivity index (χ4v) is 2.44. The molecule has 0 aliphatic heterocycles. The van der Waals surface area contributed by atoms with Gasteiger partial charge in [0.1, 0.15) is 11.9 Å². The zero-order chi connectivity index (χ0) is 17.5. The maximum atomic E-state index is 11.9. The summed E-state index contributed by atoms with van der Waals surface area (Å²) in [6.45, 7) is 5.93. The summed E-state index contributed by atoms with van der Waals surface area (Å²) in [5, 5.41) is 1.82. The molecule has 0 fully saturated rings. The Kier molecular flexibility index (Phi) is 6.13. The van der Waals surface area contributed by atoms with Gasteiger partial charge in [-0.2, -0.15) is 0 Å². The Morgan fingerprint density at radius 2 is 1.67 bits per heavy atom. The lowest BCUT2D eigenvalue weighted by atomic mass is 10.1. The van der Waals surface area contributed by atoms with Crippen molar-refractivity contribution in [2.75, 3.05) is 0 Å². The first-order chi connectivity index (χ1) is 11.5. The monoisotopic (exact) mass is 326 g/mol. The molecule has 1 atom stereocenters. The fourth-order valence-electron chi connectivity index (χ4n) is 2.44. The van der Waals surface area contributed by atoms with Gasteiger partial charge in [-0.05, 0) is 23.8 Å². The third kappa shape index (κ3) is 4.69. The number of hydrogen-bond acceptors (Lipinski definition) is 4. The number of fused-ring (bicyclic) bond motifs is 1. The van der Waals surface area contributed by atoms with Crippen LogP contribution in [-0.4, -0.2) is 18.0 Å². The maximum Gasteiger partial charge on any atom is 0.336 e. The van der Waals surface area contributed by atoms with E-state index in [1.54, 1.807) is 6.07 Å². The van der Waals surface area contributed by atoms with E-state index in [1.807, 2.05) is 57.2 Å². The Morgan fingerprint density at radius 3 is 2.38 bits per heavy atom. The number of carbonyl (C=O) groups excluding carboxylic acids is 2. The Morgan fingerprint density at radius 1 is 1.00 bits per heavy atom. The maximum absolute atomic E-state index is 11.9. The molecule has 0 N–H and O–H groups in total. The normalized spacial score (nSPS) is 12.5. The van der Waals surface area contributed by atoms with Crippen molar-refractivity contribution in [2.45, 2.75) is 33.3 Å². The van der Waals surface area contributed by atoms with E-state index in [9.17, 15) is 9.59 Å². The van der Waals surface area contributed by atoms with Crippen LogP contribution in [0.15, 0.2) is 54.6 Å². The van der Waals surface area contributed by atoms with Crippen LogP contribution >= 0.6 is 0 Å². The summed E-state index contributed by atoms with van der Waals surface area (Å²) in [4.78, 5) is 23.7. The second kappa shape index (κ2) is 8.29. The van der Waals surface area contributed by atoms with Crippen molar-refractivity contribution in [2.24, 2.45) is 5.92 Å². The molecule has 2 aromatic carbocycles. The van der Waals surface area contributed by atoms with E-state index in [2.05, 4.69) is 0 Å². The first-order valence-corrected chi connectivity index (χ1v) is 8.09. The van der Waals surface area contributed by atoms with Gasteiger partial charge in [0.25, 0.3) is 0 Å². The Bertz CT molecular complexity index is 741. The minimum atomic E-state index is -0.610. The summed E-state index contributed by atoms with van der Waals surface area (Å²) in [7, 11) is 0. The van der Waals surface area contributed by atoms with Gasteiger partial charge >= 0.3 is 11.9 Å². The third-order valence-electron chi connectivity index (χ3n) is 3.73. The number of carbonyl (C=O) groups is 2. The molecule has 1 unspecified atom stereocenters. The number of benzene rings is 2. The van der Waals surface area contributed by atoms with Gasteiger partial charge < -0.3 is 9.47 Å². The minimum Gasteiger partial charge on any atom is -0.459 e. The van der Waals surface area contributed by atoms with Crippen molar-refractivity contribution in [3.8, 4) is 5.75 Å². The molecule has 24 heavy (non-hydrogen) atoms. The van der Waals surface area contributed by atoms with Gasteiger partial charge in [0.15, 0.2) is 0 Å². The molecule has 0 spiro atoms. The van der Waals surface area contributed by atoms with Crippen LogP contribution in [0.3, 0.4) is 0 Å². The van der Waals surface area contributed by atoms with E-state index in [0.29, 0.717) is 5.75 Å². The average molecular weight is 326 g/mol. The van der Waals surface area contributed by atoms with Crippen LogP contribution in [0.5, 0.6) is 5.75 Å². The number of esters is 2. The summed E-state index contributed by atoms with van der Waals surface area (Å²) in [6, 6.07) is 13.1. The second-order valence-electron chi connectivity index (χ2n) is 5.86. The third-order valence-corrected chi connectivity index (χ3v) is 3.73. The molecule has 0 aliphatic carbocycles. The fraction of sp³-hybridized carbons (Fsp3) is 0.300. The standard InChI is InChI=1S/C20H22O4/c1-4-17(14(2)3)23-19(21)12-13-20(22)24-18-11-7-9-15-8-5-6-10-16(15)18/h5-14,17H,4H2,1-3H3/b13-12+. The van der Waals surface area contributed by atoms with Crippen LogP contribution in [0.1, 0.15) is 27.2 Å². The molecule has 0 saturated carbocycles. The topological polar surface area (TPSA) is 52.6 Å². The van der Waals surface area contributed by atoms with Crippen molar-refractivity contribution >= 4 is 22.7 Å². The van der Waals surface area contributed by atoms with Crippen molar-refractivity contribution in [1.82, 2.24) is 0 Å². The van der Waals surface area contributed by atoms with Crippen molar-refractivity contribution in [3.63, 3.8) is 0 Å². The zero-order valence-corrected chi connectivity index (χ0v) is 14.2. The van der Waals surface area contributed by atoms with Crippen molar-refractivity contribution < 1.29 is 19.1 Å². The van der Waals surface area contributed by atoms with E-state index in [4.69, 9.17) is 9.47 Å². The van der Waals surface area contributed by atoms with Crippen LogP contribution in [0.25, 0.3) is 10.8 Å². The summed E-state index contributed by atoms with van der Waals surface area (Å²) >= 11 is 0. The van der Waals surface area contributed by atoms with Gasteiger partial charge in [-0.25, -0.2) is 9.59 Å². The predicted octanol–water partition coefficient (Wildman–Crippen LogP) is 4.28. The Labute approximate surface area is 142 Å². The average Bonchev–Trinajstić information content (AvgIpc) is 2.58. The van der Waals surface area contributed by atoms with Gasteiger partial charge in [0.05, 0.1) is 0 Å². The molecule has 0 aliphatic rings. The molecule has 2 aromatic rings. The molecule has 0 saturated heterocycles. The predicted molar refractivity (Wildman–Crippen MR) is 93.7 cm³/mol. The lowest BCUT2D eigenvalue weighted by Gasteiger charge is -2.18. The molecule has 0 heterocycles. The van der Waals surface area contributed by atoms with E-state index in [0.717, 1.165) is 29.3 Å².